The van der Waals surface area contributed by atoms with Crippen molar-refractivity contribution in [3.63, 3.8) is 0 Å². The third kappa shape index (κ3) is 4.87. The molecule has 0 saturated carbocycles. The van der Waals surface area contributed by atoms with E-state index in [1.807, 2.05) is 0 Å². The smallest absolute Gasteiger partial charge is 0.415 e. The minimum atomic E-state index is -4.68. The van der Waals surface area contributed by atoms with E-state index in [0.29, 0.717) is 5.56 Å². The van der Waals surface area contributed by atoms with Crippen molar-refractivity contribution in [3.8, 4) is 5.75 Å². The minimum absolute atomic E-state index is 0.0299. The first kappa shape index (κ1) is 17.2. The van der Waals surface area contributed by atoms with Gasteiger partial charge in [-0.1, -0.05) is 6.07 Å². The van der Waals surface area contributed by atoms with Gasteiger partial charge in [-0.15, -0.1) is 0 Å². The number of rotatable bonds is 6. The number of nitro benzene ring substituents is 1. The number of benzene rings is 1. The molecule has 1 N–H and O–H groups in total. The molecule has 0 aliphatic carbocycles. The topological polar surface area (TPSA) is 75.8 Å². The number of hydrogen-bond donors (Lipinski definition) is 1. The first-order chi connectivity index (χ1) is 9.65. The molecule has 0 spiro atoms. The molecule has 0 aromatic heterocycles. The van der Waals surface area contributed by atoms with Crippen molar-refractivity contribution >= 4 is 5.69 Å². The SMILES string of the molecule is COc1cc(CN(C)CC(O)C(F)(F)F)ccc1[N+](=O)[O-]. The fourth-order valence-corrected chi connectivity index (χ4v) is 1.75. The van der Waals surface area contributed by atoms with Crippen LogP contribution >= 0.6 is 0 Å². The maximum absolute atomic E-state index is 12.2. The molecule has 21 heavy (non-hydrogen) atoms. The van der Waals surface area contributed by atoms with E-state index in [2.05, 4.69) is 0 Å². The van der Waals surface area contributed by atoms with Crippen molar-refractivity contribution < 1.29 is 27.9 Å². The van der Waals surface area contributed by atoms with Gasteiger partial charge in [0, 0.05) is 19.2 Å². The molecule has 0 amide bonds. The van der Waals surface area contributed by atoms with Crippen LogP contribution in [0.5, 0.6) is 5.75 Å². The fourth-order valence-electron chi connectivity index (χ4n) is 1.75. The number of nitrogens with zero attached hydrogens (tertiary/aromatic N) is 2. The van der Waals surface area contributed by atoms with E-state index in [0.717, 1.165) is 0 Å². The van der Waals surface area contributed by atoms with Crippen molar-refractivity contribution in [3.05, 3.63) is 33.9 Å². The second-order valence-electron chi connectivity index (χ2n) is 4.52. The summed E-state index contributed by atoms with van der Waals surface area (Å²) in [6.45, 7) is -0.510. The van der Waals surface area contributed by atoms with Gasteiger partial charge < -0.3 is 9.84 Å². The average molecular weight is 308 g/mol. The maximum atomic E-state index is 12.2. The Hall–Kier alpha value is -1.87. The Kier molecular flexibility index (Phi) is 5.50. The molecule has 0 aliphatic rings. The summed E-state index contributed by atoms with van der Waals surface area (Å²) in [7, 11) is 2.67. The van der Waals surface area contributed by atoms with Crippen LogP contribution in [0.1, 0.15) is 5.56 Å². The maximum Gasteiger partial charge on any atom is 0.415 e. The molecule has 0 saturated heterocycles. The van der Waals surface area contributed by atoms with E-state index in [9.17, 15) is 23.3 Å². The van der Waals surface area contributed by atoms with Crippen molar-refractivity contribution in [2.45, 2.75) is 18.8 Å². The lowest BCUT2D eigenvalue weighted by atomic mass is 10.1. The summed E-state index contributed by atoms with van der Waals surface area (Å²) in [5.74, 6) is 0.0299. The number of alkyl halides is 3. The van der Waals surface area contributed by atoms with Crippen LogP contribution < -0.4 is 4.74 Å². The van der Waals surface area contributed by atoms with Gasteiger partial charge >= 0.3 is 11.9 Å². The molecular formula is C12H15F3N2O4. The van der Waals surface area contributed by atoms with Gasteiger partial charge in [0.05, 0.1) is 12.0 Å². The monoisotopic (exact) mass is 308 g/mol. The summed E-state index contributed by atoms with van der Waals surface area (Å²) in [5, 5.41) is 19.7. The highest BCUT2D eigenvalue weighted by Crippen LogP contribution is 2.28. The Morgan fingerprint density at radius 2 is 2.10 bits per heavy atom. The van der Waals surface area contributed by atoms with Crippen LogP contribution in [0.4, 0.5) is 18.9 Å². The molecule has 0 radical (unpaired) electrons. The van der Waals surface area contributed by atoms with Gasteiger partial charge in [-0.3, -0.25) is 15.0 Å². The number of hydrogen-bond acceptors (Lipinski definition) is 5. The molecule has 9 heteroatoms. The third-order valence-electron chi connectivity index (χ3n) is 2.76. The quantitative estimate of drug-likeness (QED) is 0.642. The average Bonchev–Trinajstić information content (AvgIpc) is 2.36. The summed E-state index contributed by atoms with van der Waals surface area (Å²) < 4.78 is 41.6. The van der Waals surface area contributed by atoms with E-state index in [1.54, 1.807) is 0 Å². The summed E-state index contributed by atoms with van der Waals surface area (Å²) >= 11 is 0. The second-order valence-corrected chi connectivity index (χ2v) is 4.52. The van der Waals surface area contributed by atoms with E-state index in [1.165, 1.54) is 37.3 Å². The molecule has 1 aromatic rings. The number of nitro groups is 1. The summed E-state index contributed by atoms with van der Waals surface area (Å²) in [5.41, 5.74) is 0.313. The highest BCUT2D eigenvalue weighted by molar-refractivity contribution is 5.48. The van der Waals surface area contributed by atoms with Crippen molar-refractivity contribution in [1.29, 1.82) is 0 Å². The van der Waals surface area contributed by atoms with Gasteiger partial charge in [0.2, 0.25) is 0 Å². The Bertz CT molecular complexity index is 508. The van der Waals surface area contributed by atoms with Gasteiger partial charge in [-0.05, 0) is 18.7 Å². The third-order valence-corrected chi connectivity index (χ3v) is 2.76. The largest absolute Gasteiger partial charge is 0.490 e. The fraction of sp³-hybridized carbons (Fsp3) is 0.500. The van der Waals surface area contributed by atoms with E-state index >= 15 is 0 Å². The number of methoxy groups -OCH3 is 1. The van der Waals surface area contributed by atoms with Crippen LogP contribution in [-0.4, -0.2) is 47.9 Å². The first-order valence-electron chi connectivity index (χ1n) is 5.89. The van der Waals surface area contributed by atoms with Gasteiger partial charge in [-0.25, -0.2) is 0 Å². The number of ether oxygens (including phenoxy) is 1. The highest BCUT2D eigenvalue weighted by atomic mass is 19.4. The zero-order valence-electron chi connectivity index (χ0n) is 11.4. The second kappa shape index (κ2) is 6.72. The van der Waals surface area contributed by atoms with Crippen molar-refractivity contribution in [2.24, 2.45) is 0 Å². The van der Waals surface area contributed by atoms with E-state index < -0.39 is 23.7 Å². The van der Waals surface area contributed by atoms with Gasteiger partial charge in [-0.2, -0.15) is 13.2 Å². The number of aliphatic hydroxyl groups excluding tert-OH is 1. The molecule has 118 valence electrons. The predicted octanol–water partition coefficient (Wildman–Crippen LogP) is 1.96. The molecule has 1 rings (SSSR count). The zero-order chi connectivity index (χ0) is 16.2. The van der Waals surface area contributed by atoms with Crippen LogP contribution in [0.25, 0.3) is 0 Å². The van der Waals surface area contributed by atoms with Crippen LogP contribution in [0.15, 0.2) is 18.2 Å². The molecule has 0 fully saturated rings. The molecule has 1 unspecified atom stereocenters. The normalized spacial score (nSPS) is 13.3. The Balaban J connectivity index is 2.77. The lowest BCUT2D eigenvalue weighted by Gasteiger charge is -2.22. The Morgan fingerprint density at radius 1 is 1.48 bits per heavy atom. The Labute approximate surface area is 118 Å². The molecule has 0 heterocycles. The molecule has 1 aromatic carbocycles. The van der Waals surface area contributed by atoms with Gasteiger partial charge in [0.25, 0.3) is 0 Å². The Morgan fingerprint density at radius 3 is 2.57 bits per heavy atom. The molecule has 0 bridgehead atoms. The van der Waals surface area contributed by atoms with Crippen LogP contribution in [0, 0.1) is 10.1 Å². The molecule has 0 aliphatic heterocycles. The minimum Gasteiger partial charge on any atom is -0.490 e. The molecule has 1 atom stereocenters. The lowest BCUT2D eigenvalue weighted by molar-refractivity contribution is -0.385. The van der Waals surface area contributed by atoms with Crippen LogP contribution in [0.3, 0.4) is 0 Å². The number of likely N-dealkylation sites (N-methyl/N-ethyl adjacent to an activating group) is 1. The summed E-state index contributed by atoms with van der Waals surface area (Å²) in [6, 6.07) is 4.04. The van der Waals surface area contributed by atoms with E-state index in [-0.39, 0.29) is 18.0 Å². The zero-order valence-corrected chi connectivity index (χ0v) is 11.4. The standard InChI is InChI=1S/C12H15F3N2O4/c1-16(7-11(18)12(13,14)15)6-8-3-4-9(17(19)20)10(5-8)21-2/h3-5,11,18H,6-7H2,1-2H3. The van der Waals surface area contributed by atoms with Gasteiger partial charge in [0.1, 0.15) is 0 Å². The summed E-state index contributed by atoms with van der Waals surface area (Å²) in [4.78, 5) is 11.4. The van der Waals surface area contributed by atoms with E-state index in [4.69, 9.17) is 9.84 Å². The molecule has 6 nitrogen and oxygen atoms in total. The highest BCUT2D eigenvalue weighted by Gasteiger charge is 2.38. The lowest BCUT2D eigenvalue weighted by Crippen LogP contribution is -2.39. The predicted molar refractivity (Wildman–Crippen MR) is 68.0 cm³/mol. The number of aliphatic hydroxyl groups is 1. The van der Waals surface area contributed by atoms with Gasteiger partial charge in [0.15, 0.2) is 11.9 Å². The first-order valence-corrected chi connectivity index (χ1v) is 5.89. The van der Waals surface area contributed by atoms with Crippen LogP contribution in [0.2, 0.25) is 0 Å². The molecular weight excluding hydrogens is 293 g/mol. The van der Waals surface area contributed by atoms with Crippen molar-refractivity contribution in [1.82, 2.24) is 4.90 Å². The summed E-state index contributed by atoms with van der Waals surface area (Å²) in [6.07, 6.45) is -7.12. The number of halogens is 3. The van der Waals surface area contributed by atoms with Crippen molar-refractivity contribution in [2.75, 3.05) is 20.7 Å². The van der Waals surface area contributed by atoms with Crippen LogP contribution in [-0.2, 0) is 6.54 Å².